The maximum atomic E-state index is 12.2. The van der Waals surface area contributed by atoms with E-state index in [0.717, 1.165) is 27.6 Å². The van der Waals surface area contributed by atoms with E-state index in [1.54, 1.807) is 0 Å². The van der Waals surface area contributed by atoms with Crippen LogP contribution in [0.15, 0.2) is 18.2 Å². The molecule has 3 rings (SSSR count). The summed E-state index contributed by atoms with van der Waals surface area (Å²) >= 11 is 1.48. The average Bonchev–Trinajstić information content (AvgIpc) is 2.91. The second-order valence-corrected chi connectivity index (χ2v) is 7.84. The third-order valence-corrected chi connectivity index (χ3v) is 4.85. The largest absolute Gasteiger partial charge is 0.490 e. The number of amides is 1. The van der Waals surface area contributed by atoms with Crippen LogP contribution in [0.2, 0.25) is 0 Å². The molecule has 134 valence electrons. The van der Waals surface area contributed by atoms with Gasteiger partial charge in [0, 0.05) is 17.0 Å². The van der Waals surface area contributed by atoms with Crippen molar-refractivity contribution in [2.45, 2.75) is 20.8 Å². The van der Waals surface area contributed by atoms with Crippen molar-refractivity contribution in [3.05, 3.63) is 23.1 Å². The van der Waals surface area contributed by atoms with Gasteiger partial charge < -0.3 is 20.7 Å². The lowest BCUT2D eigenvalue weighted by Gasteiger charge is -2.31. The van der Waals surface area contributed by atoms with E-state index in [-0.39, 0.29) is 5.91 Å². The highest BCUT2D eigenvalue weighted by atomic mass is 32.1. The molecule has 2 aromatic rings. The van der Waals surface area contributed by atoms with Gasteiger partial charge in [0.1, 0.15) is 12.4 Å². The van der Waals surface area contributed by atoms with Crippen LogP contribution in [-0.4, -0.2) is 37.1 Å². The van der Waals surface area contributed by atoms with Crippen molar-refractivity contribution in [2.75, 3.05) is 36.9 Å². The first-order chi connectivity index (χ1) is 11.9. The highest BCUT2D eigenvalue weighted by Gasteiger charge is 2.22. The standard InChI is InChI=1S/C18H24N4O2S/c1-11(2)9-20-16(23)10-22-6-7-24-15-5-4-13(8-14(15)22)17-12(3)25-18(19)21-17/h4-5,8,11H,6-7,9-10H2,1-3H3,(H2,19,21)(H,20,23). The van der Waals surface area contributed by atoms with E-state index < -0.39 is 0 Å². The number of thiazole rings is 1. The summed E-state index contributed by atoms with van der Waals surface area (Å²) in [5.41, 5.74) is 8.63. The van der Waals surface area contributed by atoms with Crippen LogP contribution in [0.25, 0.3) is 11.3 Å². The molecule has 0 fully saturated rings. The number of hydrogen-bond acceptors (Lipinski definition) is 6. The van der Waals surface area contributed by atoms with E-state index in [4.69, 9.17) is 10.5 Å². The smallest absolute Gasteiger partial charge is 0.239 e. The van der Waals surface area contributed by atoms with Crippen molar-refractivity contribution < 1.29 is 9.53 Å². The summed E-state index contributed by atoms with van der Waals surface area (Å²) in [7, 11) is 0. The fraction of sp³-hybridized carbons (Fsp3) is 0.444. The van der Waals surface area contributed by atoms with E-state index in [1.807, 2.05) is 25.1 Å². The van der Waals surface area contributed by atoms with Gasteiger partial charge in [-0.15, -0.1) is 11.3 Å². The lowest BCUT2D eigenvalue weighted by atomic mass is 10.1. The Labute approximate surface area is 152 Å². The van der Waals surface area contributed by atoms with Crippen molar-refractivity contribution in [3.8, 4) is 17.0 Å². The molecule has 1 amide bonds. The minimum Gasteiger partial charge on any atom is -0.490 e. The van der Waals surface area contributed by atoms with Gasteiger partial charge in [-0.1, -0.05) is 13.8 Å². The Kier molecular flexibility index (Phi) is 5.13. The Hall–Kier alpha value is -2.28. The molecule has 6 nitrogen and oxygen atoms in total. The number of benzene rings is 1. The molecule has 0 radical (unpaired) electrons. The summed E-state index contributed by atoms with van der Waals surface area (Å²) in [6, 6.07) is 5.96. The Morgan fingerprint density at radius 3 is 2.96 bits per heavy atom. The van der Waals surface area contributed by atoms with Crippen LogP contribution in [0.4, 0.5) is 10.8 Å². The Balaban J connectivity index is 1.83. The highest BCUT2D eigenvalue weighted by molar-refractivity contribution is 7.15. The van der Waals surface area contributed by atoms with Crippen LogP contribution < -0.4 is 20.7 Å². The van der Waals surface area contributed by atoms with Crippen LogP contribution in [0.1, 0.15) is 18.7 Å². The van der Waals surface area contributed by atoms with Gasteiger partial charge in [-0.2, -0.15) is 0 Å². The quantitative estimate of drug-likeness (QED) is 0.857. The number of nitrogens with zero attached hydrogens (tertiary/aromatic N) is 2. The van der Waals surface area contributed by atoms with Gasteiger partial charge in [0.2, 0.25) is 5.91 Å². The van der Waals surface area contributed by atoms with Crippen LogP contribution in [0.3, 0.4) is 0 Å². The van der Waals surface area contributed by atoms with Crippen LogP contribution >= 0.6 is 11.3 Å². The number of fused-ring (bicyclic) bond motifs is 1. The Morgan fingerprint density at radius 1 is 1.48 bits per heavy atom. The fourth-order valence-electron chi connectivity index (χ4n) is 2.82. The SMILES string of the molecule is Cc1sc(N)nc1-c1ccc2c(c1)N(CC(=O)NCC(C)C)CCO2. The van der Waals surface area contributed by atoms with Gasteiger partial charge in [-0.3, -0.25) is 4.79 Å². The number of rotatable bonds is 5. The van der Waals surface area contributed by atoms with E-state index in [9.17, 15) is 4.79 Å². The summed E-state index contributed by atoms with van der Waals surface area (Å²) < 4.78 is 5.74. The Bertz CT molecular complexity index is 772. The zero-order valence-electron chi connectivity index (χ0n) is 14.8. The van der Waals surface area contributed by atoms with Gasteiger partial charge in [-0.25, -0.2) is 4.98 Å². The third kappa shape index (κ3) is 4.04. The maximum Gasteiger partial charge on any atom is 0.239 e. The van der Waals surface area contributed by atoms with Gasteiger partial charge in [0.25, 0.3) is 0 Å². The molecule has 0 aliphatic carbocycles. The first-order valence-corrected chi connectivity index (χ1v) is 9.27. The molecule has 1 aromatic carbocycles. The molecule has 1 aliphatic rings. The van der Waals surface area contributed by atoms with Gasteiger partial charge in [-0.05, 0) is 31.0 Å². The molecular formula is C18H24N4O2S. The van der Waals surface area contributed by atoms with Crippen molar-refractivity contribution in [3.63, 3.8) is 0 Å². The van der Waals surface area contributed by atoms with E-state index in [2.05, 4.69) is 29.0 Å². The molecule has 0 spiro atoms. The number of ether oxygens (including phenoxy) is 1. The molecule has 0 atom stereocenters. The topological polar surface area (TPSA) is 80.5 Å². The molecule has 7 heteroatoms. The van der Waals surface area contributed by atoms with Crippen LogP contribution in [0, 0.1) is 12.8 Å². The minimum absolute atomic E-state index is 0.0287. The number of aryl methyl sites for hydroxylation is 1. The molecular weight excluding hydrogens is 336 g/mol. The summed E-state index contributed by atoms with van der Waals surface area (Å²) in [6.45, 7) is 8.45. The highest BCUT2D eigenvalue weighted by Crippen LogP contribution is 2.37. The summed E-state index contributed by atoms with van der Waals surface area (Å²) in [5, 5.41) is 3.53. The lowest BCUT2D eigenvalue weighted by Crippen LogP contribution is -2.42. The van der Waals surface area contributed by atoms with Crippen molar-refractivity contribution in [1.82, 2.24) is 10.3 Å². The predicted molar refractivity (Wildman–Crippen MR) is 102 cm³/mol. The number of nitrogens with one attached hydrogen (secondary N) is 1. The second kappa shape index (κ2) is 7.31. The molecule has 1 aromatic heterocycles. The average molecular weight is 360 g/mol. The number of carbonyl (C=O) groups excluding carboxylic acids is 1. The molecule has 0 unspecified atom stereocenters. The number of anilines is 2. The van der Waals surface area contributed by atoms with Gasteiger partial charge in [0.05, 0.1) is 24.5 Å². The minimum atomic E-state index is 0.0287. The summed E-state index contributed by atoms with van der Waals surface area (Å²) in [5.74, 6) is 1.26. The normalized spacial score (nSPS) is 13.5. The molecule has 0 bridgehead atoms. The van der Waals surface area contributed by atoms with E-state index in [0.29, 0.717) is 37.3 Å². The van der Waals surface area contributed by atoms with Crippen LogP contribution in [0.5, 0.6) is 5.75 Å². The van der Waals surface area contributed by atoms with Crippen molar-refractivity contribution in [2.24, 2.45) is 5.92 Å². The fourth-order valence-corrected chi connectivity index (χ4v) is 3.53. The van der Waals surface area contributed by atoms with Crippen LogP contribution in [-0.2, 0) is 4.79 Å². The van der Waals surface area contributed by atoms with Crippen molar-refractivity contribution in [1.29, 1.82) is 0 Å². The van der Waals surface area contributed by atoms with E-state index in [1.165, 1.54) is 11.3 Å². The van der Waals surface area contributed by atoms with E-state index >= 15 is 0 Å². The molecule has 1 aliphatic heterocycles. The molecule has 0 saturated heterocycles. The zero-order valence-corrected chi connectivity index (χ0v) is 15.7. The molecule has 0 saturated carbocycles. The Morgan fingerprint density at radius 2 is 2.28 bits per heavy atom. The van der Waals surface area contributed by atoms with Crippen molar-refractivity contribution >= 4 is 28.1 Å². The molecule has 3 N–H and O–H groups in total. The summed E-state index contributed by atoms with van der Waals surface area (Å²) in [4.78, 5) is 19.8. The summed E-state index contributed by atoms with van der Waals surface area (Å²) in [6.07, 6.45) is 0. The first kappa shape index (κ1) is 17.5. The molecule has 2 heterocycles. The number of aromatic nitrogens is 1. The number of hydrogen-bond donors (Lipinski definition) is 2. The predicted octanol–water partition coefficient (Wildman–Crippen LogP) is 2.67. The second-order valence-electron chi connectivity index (χ2n) is 6.61. The zero-order chi connectivity index (χ0) is 18.0. The molecule has 25 heavy (non-hydrogen) atoms. The first-order valence-electron chi connectivity index (χ1n) is 8.46. The lowest BCUT2D eigenvalue weighted by molar-refractivity contribution is -0.119. The van der Waals surface area contributed by atoms with Gasteiger partial charge >= 0.3 is 0 Å². The number of nitrogens with two attached hydrogens (primary N) is 1. The van der Waals surface area contributed by atoms with Gasteiger partial charge in [0.15, 0.2) is 5.13 Å². The maximum absolute atomic E-state index is 12.2. The number of carbonyl (C=O) groups is 1. The monoisotopic (exact) mass is 360 g/mol. The number of nitrogen functional groups attached to an aromatic ring is 1. The third-order valence-electron chi connectivity index (χ3n) is 4.05.